The highest BCUT2D eigenvalue weighted by Crippen LogP contribution is 2.25. The largest absolute Gasteiger partial charge is 0.484 e. The van der Waals surface area contributed by atoms with E-state index in [9.17, 15) is 4.79 Å². The Hall–Kier alpha value is -2.01. The van der Waals surface area contributed by atoms with Gasteiger partial charge in [0.05, 0.1) is 6.04 Å². The number of piperidine rings is 1. The molecule has 0 aliphatic carbocycles. The number of carbonyl (C=O) groups excluding carboxylic acids is 1. The van der Waals surface area contributed by atoms with Crippen molar-refractivity contribution in [3.63, 3.8) is 0 Å². The standard InChI is InChI=1S/C23H29BrN2O2/c1-16-10-12-26(13-11-16)20-6-4-19(5-7-20)18(3)25-23(27)15-28-21-8-9-22(24)17(2)14-21/h4-9,14,16,18H,10-13,15H2,1-3H3,(H,25,27)/t18-/m0/s1. The lowest BCUT2D eigenvalue weighted by Crippen LogP contribution is -2.33. The molecular formula is C23H29BrN2O2. The van der Waals surface area contributed by atoms with Gasteiger partial charge < -0.3 is 15.0 Å². The number of amides is 1. The van der Waals surface area contributed by atoms with Crippen LogP contribution in [0.15, 0.2) is 46.9 Å². The second kappa shape index (κ2) is 9.46. The van der Waals surface area contributed by atoms with Crippen LogP contribution in [0.25, 0.3) is 0 Å². The summed E-state index contributed by atoms with van der Waals surface area (Å²) in [5.74, 6) is 1.40. The van der Waals surface area contributed by atoms with Crippen molar-refractivity contribution < 1.29 is 9.53 Å². The molecule has 0 saturated carbocycles. The Morgan fingerprint density at radius 1 is 1.21 bits per heavy atom. The van der Waals surface area contributed by atoms with Crippen LogP contribution in [0.1, 0.15) is 43.9 Å². The van der Waals surface area contributed by atoms with Crippen molar-refractivity contribution in [1.29, 1.82) is 0 Å². The summed E-state index contributed by atoms with van der Waals surface area (Å²) in [6.45, 7) is 8.58. The third kappa shape index (κ3) is 5.51. The molecule has 150 valence electrons. The summed E-state index contributed by atoms with van der Waals surface area (Å²) in [6.07, 6.45) is 2.51. The van der Waals surface area contributed by atoms with Crippen LogP contribution in [0.2, 0.25) is 0 Å². The maximum Gasteiger partial charge on any atom is 0.258 e. The first kappa shape index (κ1) is 20.7. The molecule has 5 heteroatoms. The Kier molecular flexibility index (Phi) is 7.00. The van der Waals surface area contributed by atoms with Crippen molar-refractivity contribution in [1.82, 2.24) is 5.32 Å². The smallest absolute Gasteiger partial charge is 0.258 e. The van der Waals surface area contributed by atoms with E-state index in [-0.39, 0.29) is 18.6 Å². The van der Waals surface area contributed by atoms with Crippen LogP contribution in [0.4, 0.5) is 5.69 Å². The summed E-state index contributed by atoms with van der Waals surface area (Å²) in [6, 6.07) is 14.2. The van der Waals surface area contributed by atoms with Gasteiger partial charge in [0.2, 0.25) is 0 Å². The maximum absolute atomic E-state index is 12.2. The van der Waals surface area contributed by atoms with Gasteiger partial charge in [0.25, 0.3) is 5.91 Å². The summed E-state index contributed by atoms with van der Waals surface area (Å²) >= 11 is 3.46. The fourth-order valence-electron chi connectivity index (χ4n) is 3.46. The molecule has 0 spiro atoms. The minimum Gasteiger partial charge on any atom is -0.484 e. The van der Waals surface area contributed by atoms with Gasteiger partial charge in [-0.15, -0.1) is 0 Å². The molecule has 0 bridgehead atoms. The van der Waals surface area contributed by atoms with Crippen LogP contribution in [-0.2, 0) is 4.79 Å². The van der Waals surface area contributed by atoms with Crippen molar-refractivity contribution in [3.05, 3.63) is 58.1 Å². The van der Waals surface area contributed by atoms with Gasteiger partial charge in [0, 0.05) is 23.2 Å². The second-order valence-corrected chi connectivity index (χ2v) is 8.60. The van der Waals surface area contributed by atoms with Crippen molar-refractivity contribution in [3.8, 4) is 5.75 Å². The Bertz CT molecular complexity index is 799. The summed E-state index contributed by atoms with van der Waals surface area (Å²) in [7, 11) is 0. The molecule has 1 heterocycles. The number of halogens is 1. The zero-order valence-electron chi connectivity index (χ0n) is 16.9. The van der Waals surface area contributed by atoms with Crippen LogP contribution in [0, 0.1) is 12.8 Å². The van der Waals surface area contributed by atoms with E-state index < -0.39 is 0 Å². The minimum atomic E-state index is -0.123. The highest BCUT2D eigenvalue weighted by Gasteiger charge is 2.16. The lowest BCUT2D eigenvalue weighted by atomic mass is 9.98. The molecule has 1 aliphatic heterocycles. The molecule has 1 amide bonds. The predicted octanol–water partition coefficient (Wildman–Crippen LogP) is 5.25. The average Bonchev–Trinajstić information content (AvgIpc) is 2.69. The molecule has 1 aliphatic rings. The number of anilines is 1. The second-order valence-electron chi connectivity index (χ2n) is 7.75. The van der Waals surface area contributed by atoms with Gasteiger partial charge in [-0.25, -0.2) is 0 Å². The van der Waals surface area contributed by atoms with Gasteiger partial charge in [0.15, 0.2) is 6.61 Å². The first-order valence-corrected chi connectivity index (χ1v) is 10.7. The number of ether oxygens (including phenoxy) is 1. The molecule has 4 nitrogen and oxygen atoms in total. The van der Waals surface area contributed by atoms with Crippen LogP contribution in [0.3, 0.4) is 0 Å². The van der Waals surface area contributed by atoms with E-state index in [0.29, 0.717) is 5.75 Å². The monoisotopic (exact) mass is 444 g/mol. The first-order valence-electron chi connectivity index (χ1n) is 9.95. The van der Waals surface area contributed by atoms with E-state index in [1.807, 2.05) is 32.0 Å². The summed E-state index contributed by atoms with van der Waals surface area (Å²) < 4.78 is 6.64. The van der Waals surface area contributed by atoms with Crippen LogP contribution < -0.4 is 15.0 Å². The number of aryl methyl sites for hydroxylation is 1. The average molecular weight is 445 g/mol. The molecule has 2 aromatic rings. The van der Waals surface area contributed by atoms with Crippen molar-refractivity contribution in [2.75, 3.05) is 24.6 Å². The third-order valence-corrected chi connectivity index (χ3v) is 6.31. The first-order chi connectivity index (χ1) is 13.4. The summed E-state index contributed by atoms with van der Waals surface area (Å²) in [5, 5.41) is 3.01. The minimum absolute atomic E-state index is 0.00938. The van der Waals surface area contributed by atoms with E-state index in [1.54, 1.807) is 0 Å². The highest BCUT2D eigenvalue weighted by atomic mass is 79.9. The molecule has 28 heavy (non-hydrogen) atoms. The SMILES string of the molecule is Cc1cc(OCC(=O)N[C@@H](C)c2ccc(N3CCC(C)CC3)cc2)ccc1Br. The van der Waals surface area contributed by atoms with E-state index >= 15 is 0 Å². The van der Waals surface area contributed by atoms with Crippen molar-refractivity contribution in [2.45, 2.75) is 39.7 Å². The quantitative estimate of drug-likeness (QED) is 0.661. The Balaban J connectivity index is 1.50. The molecule has 2 aromatic carbocycles. The molecule has 1 atom stereocenters. The normalized spacial score (nSPS) is 15.9. The number of nitrogens with one attached hydrogen (secondary N) is 1. The Morgan fingerprint density at radius 2 is 1.89 bits per heavy atom. The third-order valence-electron chi connectivity index (χ3n) is 5.42. The molecule has 1 fully saturated rings. The van der Waals surface area contributed by atoms with Crippen LogP contribution in [-0.4, -0.2) is 25.6 Å². The molecular weight excluding hydrogens is 416 g/mol. The summed E-state index contributed by atoms with van der Waals surface area (Å²) in [4.78, 5) is 14.7. The highest BCUT2D eigenvalue weighted by molar-refractivity contribution is 9.10. The number of benzene rings is 2. The molecule has 1 N–H and O–H groups in total. The fraction of sp³-hybridized carbons (Fsp3) is 0.435. The number of hydrogen-bond donors (Lipinski definition) is 1. The van der Waals surface area contributed by atoms with Crippen molar-refractivity contribution >= 4 is 27.5 Å². The van der Waals surface area contributed by atoms with Crippen molar-refractivity contribution in [2.24, 2.45) is 5.92 Å². The zero-order valence-corrected chi connectivity index (χ0v) is 18.5. The van der Waals surface area contributed by atoms with Gasteiger partial charge in [-0.3, -0.25) is 4.79 Å². The molecule has 1 saturated heterocycles. The van der Waals surface area contributed by atoms with Gasteiger partial charge in [-0.1, -0.05) is 35.0 Å². The lowest BCUT2D eigenvalue weighted by Gasteiger charge is -2.32. The van der Waals surface area contributed by atoms with E-state index in [1.165, 1.54) is 18.5 Å². The number of hydrogen-bond acceptors (Lipinski definition) is 3. The zero-order chi connectivity index (χ0) is 20.1. The molecule has 0 radical (unpaired) electrons. The number of rotatable bonds is 6. The lowest BCUT2D eigenvalue weighted by molar-refractivity contribution is -0.123. The number of nitrogens with zero attached hydrogens (tertiary/aromatic N) is 1. The van der Waals surface area contributed by atoms with Gasteiger partial charge in [0.1, 0.15) is 5.75 Å². The molecule has 0 aromatic heterocycles. The fourth-order valence-corrected chi connectivity index (χ4v) is 3.71. The van der Waals surface area contributed by atoms with Gasteiger partial charge in [-0.2, -0.15) is 0 Å². The Morgan fingerprint density at radius 3 is 2.54 bits per heavy atom. The van der Waals surface area contributed by atoms with Gasteiger partial charge in [-0.05, 0) is 74.1 Å². The summed E-state index contributed by atoms with van der Waals surface area (Å²) in [5.41, 5.74) is 3.44. The number of carbonyl (C=O) groups is 1. The molecule has 0 unspecified atom stereocenters. The van der Waals surface area contributed by atoms with E-state index in [4.69, 9.17) is 4.74 Å². The Labute approximate surface area is 176 Å². The van der Waals surface area contributed by atoms with Crippen LogP contribution in [0.5, 0.6) is 5.75 Å². The molecule has 3 rings (SSSR count). The topological polar surface area (TPSA) is 41.6 Å². The maximum atomic E-state index is 12.2. The van der Waals surface area contributed by atoms with E-state index in [0.717, 1.165) is 34.6 Å². The van der Waals surface area contributed by atoms with Crippen LogP contribution >= 0.6 is 15.9 Å². The van der Waals surface area contributed by atoms with E-state index in [2.05, 4.69) is 57.3 Å². The van der Waals surface area contributed by atoms with Gasteiger partial charge >= 0.3 is 0 Å². The predicted molar refractivity (Wildman–Crippen MR) is 118 cm³/mol.